The number of pyridine rings is 1. The molecule has 1 aromatic carbocycles. The molecule has 0 amide bonds. The molecule has 0 N–H and O–H groups in total. The van der Waals surface area contributed by atoms with Gasteiger partial charge >= 0.3 is 5.97 Å². The zero-order valence-corrected chi connectivity index (χ0v) is 16.9. The summed E-state index contributed by atoms with van der Waals surface area (Å²) < 4.78 is 5.73. The molecule has 0 saturated carbocycles. The van der Waals surface area contributed by atoms with E-state index in [1.165, 1.54) is 0 Å². The van der Waals surface area contributed by atoms with E-state index in [1.54, 1.807) is 19.5 Å². The maximum Gasteiger partial charge on any atom is 0.340 e. The fourth-order valence-electron chi connectivity index (χ4n) is 3.68. The maximum atomic E-state index is 13.0. The molecule has 0 bridgehead atoms. The SMILES string of the molecule is CCCCC(CC)COC(=O)C(/C=N/C)=C1/c2ccccc2-c2cccnc21. The second kappa shape index (κ2) is 9.45. The predicted molar refractivity (Wildman–Crippen MR) is 114 cm³/mol. The third-order valence-corrected chi connectivity index (χ3v) is 5.27. The van der Waals surface area contributed by atoms with Gasteiger partial charge in [-0.2, -0.15) is 0 Å². The van der Waals surface area contributed by atoms with Gasteiger partial charge in [0.25, 0.3) is 0 Å². The van der Waals surface area contributed by atoms with E-state index < -0.39 is 0 Å². The molecule has 4 heteroatoms. The third kappa shape index (κ3) is 4.06. The average molecular weight is 377 g/mol. The largest absolute Gasteiger partial charge is 0.462 e. The quantitative estimate of drug-likeness (QED) is 0.303. The number of aliphatic imine (C=N–C) groups is 1. The molecular formula is C24H28N2O2. The maximum absolute atomic E-state index is 13.0. The summed E-state index contributed by atoms with van der Waals surface area (Å²) in [6, 6.07) is 12.0. The van der Waals surface area contributed by atoms with Crippen molar-refractivity contribution in [3.8, 4) is 11.1 Å². The molecule has 0 fully saturated rings. The van der Waals surface area contributed by atoms with E-state index in [2.05, 4.69) is 29.9 Å². The molecule has 2 aromatic rings. The minimum absolute atomic E-state index is 0.330. The van der Waals surface area contributed by atoms with Crippen LogP contribution in [0.4, 0.5) is 0 Å². The molecule has 1 unspecified atom stereocenters. The van der Waals surface area contributed by atoms with Gasteiger partial charge in [-0.05, 0) is 29.5 Å². The van der Waals surface area contributed by atoms with Gasteiger partial charge in [0.15, 0.2) is 0 Å². The molecule has 1 heterocycles. The Labute approximate surface area is 167 Å². The first-order chi connectivity index (χ1) is 13.7. The molecule has 3 rings (SSSR count). The highest BCUT2D eigenvalue weighted by atomic mass is 16.5. The molecule has 0 spiro atoms. The van der Waals surface area contributed by atoms with Crippen molar-refractivity contribution in [1.82, 2.24) is 4.98 Å². The number of rotatable bonds is 8. The number of aromatic nitrogens is 1. The van der Waals surface area contributed by atoms with Gasteiger partial charge in [0.2, 0.25) is 0 Å². The van der Waals surface area contributed by atoms with Crippen LogP contribution in [0.5, 0.6) is 0 Å². The highest BCUT2D eigenvalue weighted by molar-refractivity contribution is 6.21. The van der Waals surface area contributed by atoms with Crippen LogP contribution in [0.25, 0.3) is 16.7 Å². The van der Waals surface area contributed by atoms with Crippen molar-refractivity contribution in [1.29, 1.82) is 0 Å². The van der Waals surface area contributed by atoms with Gasteiger partial charge in [0.1, 0.15) is 0 Å². The summed E-state index contributed by atoms with van der Waals surface area (Å²) in [5, 5.41) is 0. The molecule has 146 valence electrons. The number of ether oxygens (including phenoxy) is 1. The first-order valence-corrected chi connectivity index (χ1v) is 10.1. The predicted octanol–water partition coefficient (Wildman–Crippen LogP) is 5.32. The Kier molecular flexibility index (Phi) is 6.75. The number of hydrogen-bond acceptors (Lipinski definition) is 4. The number of carbonyl (C=O) groups is 1. The zero-order valence-electron chi connectivity index (χ0n) is 16.9. The number of nitrogens with zero attached hydrogens (tertiary/aromatic N) is 2. The monoisotopic (exact) mass is 376 g/mol. The second-order valence-electron chi connectivity index (χ2n) is 7.14. The van der Waals surface area contributed by atoms with Gasteiger partial charge in [-0.3, -0.25) is 9.98 Å². The molecule has 0 aliphatic heterocycles. The molecule has 0 saturated heterocycles. The van der Waals surface area contributed by atoms with Crippen LogP contribution in [-0.4, -0.2) is 30.8 Å². The molecular weight excluding hydrogens is 348 g/mol. The summed E-state index contributed by atoms with van der Waals surface area (Å²) in [6.45, 7) is 4.77. The van der Waals surface area contributed by atoms with E-state index in [-0.39, 0.29) is 5.97 Å². The van der Waals surface area contributed by atoms with Crippen molar-refractivity contribution in [2.45, 2.75) is 39.5 Å². The second-order valence-corrected chi connectivity index (χ2v) is 7.14. The normalized spacial score (nSPS) is 15.2. The van der Waals surface area contributed by atoms with E-state index in [0.717, 1.165) is 53.6 Å². The van der Waals surface area contributed by atoms with E-state index in [0.29, 0.717) is 18.1 Å². The Morgan fingerprint density at radius 2 is 1.89 bits per heavy atom. The van der Waals surface area contributed by atoms with Crippen molar-refractivity contribution in [3.63, 3.8) is 0 Å². The van der Waals surface area contributed by atoms with Crippen molar-refractivity contribution < 1.29 is 9.53 Å². The highest BCUT2D eigenvalue weighted by Crippen LogP contribution is 2.44. The molecule has 0 radical (unpaired) electrons. The smallest absolute Gasteiger partial charge is 0.340 e. The lowest BCUT2D eigenvalue weighted by Crippen LogP contribution is -2.17. The van der Waals surface area contributed by atoms with Gasteiger partial charge in [0.05, 0.1) is 17.9 Å². The van der Waals surface area contributed by atoms with E-state index in [1.807, 2.05) is 30.3 Å². The zero-order chi connectivity index (χ0) is 19.9. The number of benzene rings is 1. The Hall–Kier alpha value is -2.75. The van der Waals surface area contributed by atoms with Gasteiger partial charge in [0, 0.05) is 30.6 Å². The molecule has 1 aliphatic carbocycles. The van der Waals surface area contributed by atoms with Gasteiger partial charge in [-0.15, -0.1) is 0 Å². The summed E-state index contributed by atoms with van der Waals surface area (Å²) >= 11 is 0. The van der Waals surface area contributed by atoms with Gasteiger partial charge < -0.3 is 4.74 Å². The summed E-state index contributed by atoms with van der Waals surface area (Å²) in [4.78, 5) is 21.7. The Balaban J connectivity index is 1.97. The van der Waals surface area contributed by atoms with Crippen LogP contribution in [0, 0.1) is 5.92 Å². The topological polar surface area (TPSA) is 51.5 Å². The molecule has 28 heavy (non-hydrogen) atoms. The van der Waals surface area contributed by atoms with E-state index >= 15 is 0 Å². The molecule has 1 atom stereocenters. The summed E-state index contributed by atoms with van der Waals surface area (Å²) in [6.07, 6.45) is 7.77. The lowest BCUT2D eigenvalue weighted by Gasteiger charge is -2.15. The average Bonchev–Trinajstić information content (AvgIpc) is 3.06. The number of hydrogen-bond donors (Lipinski definition) is 0. The van der Waals surface area contributed by atoms with Gasteiger partial charge in [-0.1, -0.05) is 63.4 Å². The molecule has 1 aliphatic rings. The lowest BCUT2D eigenvalue weighted by atomic mass is 9.99. The number of esters is 1. The van der Waals surface area contributed by atoms with Crippen LogP contribution in [0.3, 0.4) is 0 Å². The van der Waals surface area contributed by atoms with Crippen LogP contribution < -0.4 is 0 Å². The summed E-state index contributed by atoms with van der Waals surface area (Å²) in [7, 11) is 1.67. The van der Waals surface area contributed by atoms with Crippen LogP contribution in [0.15, 0.2) is 53.2 Å². The van der Waals surface area contributed by atoms with Crippen LogP contribution in [0.1, 0.15) is 50.8 Å². The van der Waals surface area contributed by atoms with Crippen LogP contribution in [-0.2, 0) is 9.53 Å². The van der Waals surface area contributed by atoms with Crippen LogP contribution in [0.2, 0.25) is 0 Å². The highest BCUT2D eigenvalue weighted by Gasteiger charge is 2.29. The number of carbonyl (C=O) groups excluding carboxylic acids is 1. The van der Waals surface area contributed by atoms with Gasteiger partial charge in [-0.25, -0.2) is 4.79 Å². The molecule has 4 nitrogen and oxygen atoms in total. The minimum Gasteiger partial charge on any atom is -0.462 e. The summed E-state index contributed by atoms with van der Waals surface area (Å²) in [5.74, 6) is 0.0684. The minimum atomic E-state index is -0.330. The fourth-order valence-corrected chi connectivity index (χ4v) is 3.68. The Morgan fingerprint density at radius 3 is 2.61 bits per heavy atom. The van der Waals surface area contributed by atoms with Crippen molar-refractivity contribution in [2.75, 3.05) is 13.7 Å². The van der Waals surface area contributed by atoms with Crippen molar-refractivity contribution in [2.24, 2.45) is 10.9 Å². The van der Waals surface area contributed by atoms with Crippen molar-refractivity contribution in [3.05, 3.63) is 59.4 Å². The third-order valence-electron chi connectivity index (χ3n) is 5.27. The van der Waals surface area contributed by atoms with E-state index in [4.69, 9.17) is 4.74 Å². The Bertz CT molecular complexity index is 851. The number of fused-ring (bicyclic) bond motifs is 3. The standard InChI is InChI=1S/C24H28N2O2/c1-4-6-10-17(5-2)16-28-24(27)21(15-25-3)22-19-12-8-7-11-18(19)20-13-9-14-26-23(20)22/h7-9,11-15,17H,4-6,10,16H2,1-3H3/b22-21-,25-15+. The van der Waals surface area contributed by atoms with E-state index in [9.17, 15) is 4.79 Å². The van der Waals surface area contributed by atoms with Crippen LogP contribution >= 0.6 is 0 Å². The Morgan fingerprint density at radius 1 is 1.14 bits per heavy atom. The summed E-state index contributed by atoms with van der Waals surface area (Å²) in [5.41, 5.74) is 5.22. The van der Waals surface area contributed by atoms with Crippen molar-refractivity contribution >= 4 is 17.8 Å². The fraction of sp³-hybridized carbons (Fsp3) is 0.375. The first kappa shape index (κ1) is 20.0. The molecule has 1 aromatic heterocycles. The number of unbranched alkanes of at least 4 members (excludes halogenated alkanes) is 1. The first-order valence-electron chi connectivity index (χ1n) is 10.1. The lowest BCUT2D eigenvalue weighted by molar-refractivity contribution is -0.139.